The van der Waals surface area contributed by atoms with Crippen molar-refractivity contribution in [3.63, 3.8) is 0 Å². The number of halogens is 4. The van der Waals surface area contributed by atoms with Crippen LogP contribution >= 0.6 is 0 Å². The van der Waals surface area contributed by atoms with Crippen LogP contribution in [0.4, 0.5) is 17.6 Å². The molecule has 2 aliphatic heterocycles. The second kappa shape index (κ2) is 8.91. The number of aromatic nitrogens is 3. The number of sulfone groups is 1. The summed E-state index contributed by atoms with van der Waals surface area (Å²) in [4.78, 5) is 8.07. The first-order valence-electron chi connectivity index (χ1n) is 12.0. The molecule has 0 spiro atoms. The molecule has 1 fully saturated rings. The maximum atomic E-state index is 15.7. The van der Waals surface area contributed by atoms with Crippen LogP contribution in [0.25, 0.3) is 33.9 Å². The van der Waals surface area contributed by atoms with Crippen molar-refractivity contribution < 1.29 is 26.0 Å². The van der Waals surface area contributed by atoms with Crippen LogP contribution in [-0.2, 0) is 28.0 Å². The summed E-state index contributed by atoms with van der Waals surface area (Å²) in [6.07, 6.45) is -0.914. The van der Waals surface area contributed by atoms with Crippen molar-refractivity contribution in [2.45, 2.75) is 49.7 Å². The molecular formula is C27H22F4N4O2S. The Kier molecular flexibility index (Phi) is 6.06. The number of benzene rings is 1. The molecule has 3 aliphatic rings. The van der Waals surface area contributed by atoms with Gasteiger partial charge in [0.05, 0.1) is 33.4 Å². The Morgan fingerprint density at radius 1 is 1.08 bits per heavy atom. The Hall–Kier alpha value is -3.78. The molecule has 0 radical (unpaired) electrons. The lowest BCUT2D eigenvalue weighted by molar-refractivity contribution is -0.138. The van der Waals surface area contributed by atoms with Crippen LogP contribution in [0.2, 0.25) is 0 Å². The normalized spacial score (nSPS) is 15.0. The van der Waals surface area contributed by atoms with Gasteiger partial charge < -0.3 is 4.57 Å². The molecule has 2 aromatic rings. The van der Waals surface area contributed by atoms with E-state index in [9.17, 15) is 26.9 Å². The smallest absolute Gasteiger partial charge is 0.343 e. The number of alkyl halides is 3. The van der Waals surface area contributed by atoms with Crippen LogP contribution < -0.4 is 0 Å². The molecule has 5 rings (SSSR count). The van der Waals surface area contributed by atoms with Crippen LogP contribution in [0, 0.1) is 17.1 Å². The van der Waals surface area contributed by atoms with Gasteiger partial charge in [-0.2, -0.15) is 18.4 Å². The van der Waals surface area contributed by atoms with Gasteiger partial charge in [0.1, 0.15) is 17.1 Å². The molecule has 0 bridgehead atoms. The molecule has 1 saturated carbocycles. The summed E-state index contributed by atoms with van der Waals surface area (Å²) in [5.41, 5.74) is -0.589. The van der Waals surface area contributed by atoms with E-state index in [0.717, 1.165) is 35.2 Å². The minimum Gasteiger partial charge on any atom is -0.343 e. The van der Waals surface area contributed by atoms with E-state index in [4.69, 9.17) is 0 Å². The zero-order chi connectivity index (χ0) is 27.5. The van der Waals surface area contributed by atoms with Gasteiger partial charge in [0.2, 0.25) is 0 Å². The van der Waals surface area contributed by atoms with E-state index in [1.165, 1.54) is 19.2 Å². The maximum absolute atomic E-state index is 15.7. The highest BCUT2D eigenvalue weighted by Gasteiger charge is 2.44. The van der Waals surface area contributed by atoms with E-state index in [0.29, 0.717) is 11.1 Å². The minimum absolute atomic E-state index is 0.0397. The van der Waals surface area contributed by atoms with E-state index >= 15 is 4.39 Å². The standard InChI is InChI=1S/C27H22F4N4O2S/c1-3-35-14-19(27(29,30)31)12-20-25(35)22(28)24(34-20)23-21(38(36,37)4-2)11-17(13-33-23)16-5-7-18(8-6-16)26(15-32)9-10-26/h5-8,11-14H,3-4,9-10H2,1-2H3. The molecule has 3 heterocycles. The Morgan fingerprint density at radius 2 is 1.76 bits per heavy atom. The number of hydrogen-bond donors (Lipinski definition) is 0. The fourth-order valence-electron chi connectivity index (χ4n) is 4.54. The molecule has 11 heteroatoms. The molecule has 1 aliphatic carbocycles. The average molecular weight is 543 g/mol. The lowest BCUT2D eigenvalue weighted by atomic mass is 9.95. The largest absolute Gasteiger partial charge is 0.417 e. The SMILES string of the molecule is CCn1cc(C(F)(F)F)cc2nc(-c3ncc(-c4ccc(C5(C#N)CC5)cc4)cc3S(=O)(=O)CC)c(F)c1-2. The number of pyridine rings is 2. The average Bonchev–Trinajstić information content (AvgIpc) is 3.64. The summed E-state index contributed by atoms with van der Waals surface area (Å²) in [5.74, 6) is -1.25. The summed E-state index contributed by atoms with van der Waals surface area (Å²) in [6.45, 7) is 3.04. The van der Waals surface area contributed by atoms with Gasteiger partial charge >= 0.3 is 6.18 Å². The predicted molar refractivity (Wildman–Crippen MR) is 132 cm³/mol. The quantitative estimate of drug-likeness (QED) is 0.269. The number of aryl methyl sites for hydroxylation is 1. The maximum Gasteiger partial charge on any atom is 0.417 e. The lowest BCUT2D eigenvalue weighted by Gasteiger charge is -2.14. The summed E-state index contributed by atoms with van der Waals surface area (Å²) in [7, 11) is -3.93. The number of nitrogens with zero attached hydrogens (tertiary/aromatic N) is 4. The van der Waals surface area contributed by atoms with Crippen LogP contribution in [0.3, 0.4) is 0 Å². The van der Waals surface area contributed by atoms with Crippen LogP contribution in [0.15, 0.2) is 53.7 Å². The first-order chi connectivity index (χ1) is 17.9. The highest BCUT2D eigenvalue weighted by Crippen LogP contribution is 2.48. The van der Waals surface area contributed by atoms with Gasteiger partial charge in [0.25, 0.3) is 0 Å². The molecule has 1 aromatic heterocycles. The van der Waals surface area contributed by atoms with Crippen molar-refractivity contribution in [1.29, 1.82) is 5.26 Å². The zero-order valence-electron chi connectivity index (χ0n) is 20.5. The third kappa shape index (κ3) is 4.22. The zero-order valence-corrected chi connectivity index (χ0v) is 21.3. The number of hydrogen-bond acceptors (Lipinski definition) is 5. The first-order valence-corrected chi connectivity index (χ1v) is 13.6. The number of fused-ring (bicyclic) bond motifs is 1. The molecule has 0 N–H and O–H groups in total. The molecule has 6 nitrogen and oxygen atoms in total. The number of rotatable bonds is 6. The summed E-state index contributed by atoms with van der Waals surface area (Å²) >= 11 is 0. The van der Waals surface area contributed by atoms with Crippen molar-refractivity contribution in [1.82, 2.24) is 14.5 Å². The predicted octanol–water partition coefficient (Wildman–Crippen LogP) is 6.24. The Balaban J connectivity index is 1.67. The van der Waals surface area contributed by atoms with Gasteiger partial charge in [-0.25, -0.2) is 17.8 Å². The molecule has 38 heavy (non-hydrogen) atoms. The molecular weight excluding hydrogens is 520 g/mol. The summed E-state index contributed by atoms with van der Waals surface area (Å²) in [5, 5.41) is 9.43. The summed E-state index contributed by atoms with van der Waals surface area (Å²) < 4.78 is 83.1. The van der Waals surface area contributed by atoms with Gasteiger partial charge in [0.15, 0.2) is 15.7 Å². The third-order valence-electron chi connectivity index (χ3n) is 6.96. The van der Waals surface area contributed by atoms with Gasteiger partial charge in [-0.1, -0.05) is 31.2 Å². The van der Waals surface area contributed by atoms with E-state index < -0.39 is 38.5 Å². The highest BCUT2D eigenvalue weighted by molar-refractivity contribution is 7.91. The monoisotopic (exact) mass is 542 g/mol. The van der Waals surface area contributed by atoms with Gasteiger partial charge in [-0.05, 0) is 43.0 Å². The van der Waals surface area contributed by atoms with E-state index in [-0.39, 0.29) is 34.3 Å². The summed E-state index contributed by atoms with van der Waals surface area (Å²) in [6, 6.07) is 11.6. The third-order valence-corrected chi connectivity index (χ3v) is 8.70. The Bertz CT molecular complexity index is 1660. The Labute approximate surface area is 216 Å². The van der Waals surface area contributed by atoms with Crippen molar-refractivity contribution >= 4 is 9.84 Å². The van der Waals surface area contributed by atoms with Crippen molar-refractivity contribution in [3.05, 3.63) is 65.7 Å². The molecule has 0 saturated heterocycles. The molecule has 1 aromatic carbocycles. The fraction of sp³-hybridized carbons (Fsp3) is 0.296. The molecule has 0 amide bonds. The van der Waals surface area contributed by atoms with Crippen molar-refractivity contribution in [3.8, 4) is 40.0 Å². The van der Waals surface area contributed by atoms with Crippen LogP contribution in [0.5, 0.6) is 0 Å². The highest BCUT2D eigenvalue weighted by atomic mass is 32.2. The van der Waals surface area contributed by atoms with Gasteiger partial charge in [-0.3, -0.25) is 4.98 Å². The second-order valence-electron chi connectivity index (χ2n) is 9.27. The van der Waals surface area contributed by atoms with Crippen molar-refractivity contribution in [2.75, 3.05) is 5.75 Å². The van der Waals surface area contributed by atoms with Crippen molar-refractivity contribution in [2.24, 2.45) is 0 Å². The van der Waals surface area contributed by atoms with E-state index in [2.05, 4.69) is 16.0 Å². The number of nitriles is 1. The van der Waals surface area contributed by atoms with E-state index in [1.807, 2.05) is 12.1 Å². The second-order valence-corrected chi connectivity index (χ2v) is 11.5. The topological polar surface area (TPSA) is 88.6 Å². The fourth-order valence-corrected chi connectivity index (χ4v) is 5.61. The molecule has 0 unspecified atom stereocenters. The minimum atomic E-state index is -4.67. The van der Waals surface area contributed by atoms with Crippen LogP contribution in [0.1, 0.15) is 37.8 Å². The Morgan fingerprint density at radius 3 is 2.32 bits per heavy atom. The van der Waals surface area contributed by atoms with Gasteiger partial charge in [-0.15, -0.1) is 0 Å². The molecule has 0 atom stereocenters. The molecule has 196 valence electrons. The first kappa shape index (κ1) is 25.9. The van der Waals surface area contributed by atoms with E-state index in [1.54, 1.807) is 19.1 Å². The lowest BCUT2D eigenvalue weighted by Crippen LogP contribution is -2.11. The van der Waals surface area contributed by atoms with Gasteiger partial charge in [0, 0.05) is 24.5 Å². The van der Waals surface area contributed by atoms with Crippen LogP contribution in [-0.4, -0.2) is 28.7 Å².